The number of hydrogen-bond donors (Lipinski definition) is 1. The van der Waals surface area contributed by atoms with Crippen molar-refractivity contribution < 1.29 is 9.53 Å². The maximum Gasteiger partial charge on any atom is 0.276 e. The Kier molecular flexibility index (Phi) is 5.78. The first-order valence-corrected chi connectivity index (χ1v) is 8.69. The van der Waals surface area contributed by atoms with E-state index in [0.717, 1.165) is 0 Å². The summed E-state index contributed by atoms with van der Waals surface area (Å²) >= 11 is 12.0. The Labute approximate surface area is 165 Å². The molecule has 1 amide bonds. The minimum atomic E-state index is -0.434. The third kappa shape index (κ3) is 4.67. The number of nitrogens with one attached hydrogen (secondary N) is 1. The standard InChI is InChI=1S/C19H15Cl2N3O3/c1-27-15-6-4-14(5-7-15)22-19(26)17-8-9-18(25)24(23-17)11-12-2-3-13(20)10-16(12)21/h2-10H,11H2,1H3,(H,22,26). The third-order valence-electron chi connectivity index (χ3n) is 3.78. The smallest absolute Gasteiger partial charge is 0.276 e. The molecule has 0 bridgehead atoms. The molecule has 6 nitrogen and oxygen atoms in total. The molecule has 0 aliphatic rings. The third-order valence-corrected chi connectivity index (χ3v) is 4.37. The molecule has 1 aromatic heterocycles. The minimum absolute atomic E-state index is 0.107. The van der Waals surface area contributed by atoms with E-state index in [9.17, 15) is 9.59 Å². The topological polar surface area (TPSA) is 73.2 Å². The Morgan fingerprint density at radius 3 is 2.52 bits per heavy atom. The van der Waals surface area contributed by atoms with Gasteiger partial charge in [0, 0.05) is 21.8 Å². The molecular weight excluding hydrogens is 389 g/mol. The number of carbonyl (C=O) groups excluding carboxylic acids is 1. The van der Waals surface area contributed by atoms with E-state index in [2.05, 4.69) is 10.4 Å². The summed E-state index contributed by atoms with van der Waals surface area (Å²) in [5.41, 5.74) is 1.02. The number of carbonyl (C=O) groups is 1. The van der Waals surface area contributed by atoms with Gasteiger partial charge in [-0.3, -0.25) is 9.59 Å². The largest absolute Gasteiger partial charge is 0.497 e. The molecule has 0 radical (unpaired) electrons. The van der Waals surface area contributed by atoms with Crippen molar-refractivity contribution in [2.24, 2.45) is 0 Å². The highest BCUT2D eigenvalue weighted by Gasteiger charge is 2.11. The Balaban J connectivity index is 1.81. The van der Waals surface area contributed by atoms with Gasteiger partial charge in [-0.15, -0.1) is 0 Å². The second-order valence-electron chi connectivity index (χ2n) is 5.63. The Bertz CT molecular complexity index is 1030. The zero-order chi connectivity index (χ0) is 19.4. The number of nitrogens with zero attached hydrogens (tertiary/aromatic N) is 2. The fourth-order valence-electron chi connectivity index (χ4n) is 2.36. The molecule has 0 aliphatic carbocycles. The van der Waals surface area contributed by atoms with Gasteiger partial charge in [-0.25, -0.2) is 4.68 Å². The number of benzene rings is 2. The highest BCUT2D eigenvalue weighted by atomic mass is 35.5. The lowest BCUT2D eigenvalue weighted by atomic mass is 10.2. The van der Waals surface area contributed by atoms with E-state index in [1.54, 1.807) is 49.6 Å². The van der Waals surface area contributed by atoms with Crippen molar-refractivity contribution in [3.8, 4) is 5.75 Å². The van der Waals surface area contributed by atoms with Gasteiger partial charge in [0.05, 0.1) is 13.7 Å². The number of ether oxygens (including phenoxy) is 1. The van der Waals surface area contributed by atoms with Gasteiger partial charge in [0.1, 0.15) is 11.4 Å². The van der Waals surface area contributed by atoms with E-state index in [0.29, 0.717) is 27.0 Å². The molecule has 1 heterocycles. The number of halogens is 2. The lowest BCUT2D eigenvalue weighted by Crippen LogP contribution is -2.26. The molecule has 0 aliphatic heterocycles. The molecule has 3 aromatic rings. The molecule has 0 unspecified atom stereocenters. The van der Waals surface area contributed by atoms with E-state index in [4.69, 9.17) is 27.9 Å². The predicted molar refractivity (Wildman–Crippen MR) is 105 cm³/mol. The van der Waals surface area contributed by atoms with Crippen molar-refractivity contribution in [2.45, 2.75) is 6.54 Å². The summed E-state index contributed by atoms with van der Waals surface area (Å²) in [6, 6.07) is 14.5. The summed E-state index contributed by atoms with van der Waals surface area (Å²) in [6.07, 6.45) is 0. The van der Waals surface area contributed by atoms with Crippen molar-refractivity contribution in [1.82, 2.24) is 9.78 Å². The predicted octanol–water partition coefficient (Wildman–Crippen LogP) is 3.86. The van der Waals surface area contributed by atoms with Gasteiger partial charge >= 0.3 is 0 Å². The van der Waals surface area contributed by atoms with Crippen LogP contribution in [0.15, 0.2) is 59.4 Å². The van der Waals surface area contributed by atoms with E-state index in [1.165, 1.54) is 16.8 Å². The number of aromatic nitrogens is 2. The molecule has 0 spiro atoms. The number of rotatable bonds is 5. The van der Waals surface area contributed by atoms with Crippen molar-refractivity contribution in [2.75, 3.05) is 12.4 Å². The van der Waals surface area contributed by atoms with E-state index in [-0.39, 0.29) is 17.8 Å². The fourth-order valence-corrected chi connectivity index (χ4v) is 2.83. The summed E-state index contributed by atoms with van der Waals surface area (Å²) in [4.78, 5) is 24.5. The summed E-state index contributed by atoms with van der Waals surface area (Å²) < 4.78 is 6.26. The van der Waals surface area contributed by atoms with E-state index >= 15 is 0 Å². The molecule has 8 heteroatoms. The highest BCUT2D eigenvalue weighted by Crippen LogP contribution is 2.21. The van der Waals surface area contributed by atoms with Crippen molar-refractivity contribution in [3.05, 3.63) is 86.3 Å². The first-order valence-electron chi connectivity index (χ1n) is 7.94. The van der Waals surface area contributed by atoms with Crippen LogP contribution in [-0.2, 0) is 6.54 Å². The molecular formula is C19H15Cl2N3O3. The Morgan fingerprint density at radius 1 is 1.11 bits per heavy atom. The maximum absolute atomic E-state index is 12.4. The number of methoxy groups -OCH3 is 1. The van der Waals surface area contributed by atoms with Crippen LogP contribution in [0.5, 0.6) is 5.75 Å². The van der Waals surface area contributed by atoms with Crippen molar-refractivity contribution in [3.63, 3.8) is 0 Å². The van der Waals surface area contributed by atoms with Crippen molar-refractivity contribution in [1.29, 1.82) is 0 Å². The van der Waals surface area contributed by atoms with E-state index in [1.807, 2.05) is 0 Å². The van der Waals surface area contributed by atoms with Gasteiger partial charge in [0.15, 0.2) is 0 Å². The summed E-state index contributed by atoms with van der Waals surface area (Å²) in [5.74, 6) is 0.246. The molecule has 0 atom stereocenters. The van der Waals surface area contributed by atoms with Gasteiger partial charge in [-0.2, -0.15) is 5.10 Å². The Hall–Kier alpha value is -2.83. The summed E-state index contributed by atoms with van der Waals surface area (Å²) in [5, 5.41) is 7.78. The zero-order valence-corrected chi connectivity index (χ0v) is 15.8. The molecule has 138 valence electrons. The maximum atomic E-state index is 12.4. The Morgan fingerprint density at radius 2 is 1.85 bits per heavy atom. The average Bonchev–Trinajstić information content (AvgIpc) is 2.66. The molecule has 1 N–H and O–H groups in total. The van der Waals surface area contributed by atoms with Crippen LogP contribution >= 0.6 is 23.2 Å². The quantitative estimate of drug-likeness (QED) is 0.701. The first kappa shape index (κ1) is 18.9. The molecule has 2 aromatic carbocycles. The van der Waals surface area contributed by atoms with E-state index < -0.39 is 5.91 Å². The molecule has 27 heavy (non-hydrogen) atoms. The summed E-state index contributed by atoms with van der Waals surface area (Å²) in [7, 11) is 1.56. The van der Waals surface area contributed by atoms with Crippen LogP contribution < -0.4 is 15.6 Å². The van der Waals surface area contributed by atoms with Crippen LogP contribution in [-0.4, -0.2) is 22.8 Å². The SMILES string of the molecule is COc1ccc(NC(=O)c2ccc(=O)n(Cc3ccc(Cl)cc3Cl)n2)cc1. The zero-order valence-electron chi connectivity index (χ0n) is 14.3. The first-order chi connectivity index (χ1) is 13.0. The van der Waals surface area contributed by atoms with Crippen LogP contribution in [0.1, 0.15) is 16.1 Å². The van der Waals surface area contributed by atoms with Crippen LogP contribution in [0.4, 0.5) is 5.69 Å². The minimum Gasteiger partial charge on any atom is -0.497 e. The van der Waals surface area contributed by atoms with Crippen LogP contribution in [0, 0.1) is 0 Å². The molecule has 3 rings (SSSR count). The van der Waals surface area contributed by atoms with Crippen LogP contribution in [0.3, 0.4) is 0 Å². The van der Waals surface area contributed by atoms with Gasteiger partial charge in [-0.1, -0.05) is 29.3 Å². The van der Waals surface area contributed by atoms with Crippen LogP contribution in [0.25, 0.3) is 0 Å². The molecule has 0 saturated heterocycles. The van der Waals surface area contributed by atoms with Gasteiger partial charge in [0.2, 0.25) is 0 Å². The normalized spacial score (nSPS) is 10.5. The second-order valence-corrected chi connectivity index (χ2v) is 6.48. The van der Waals surface area contributed by atoms with Crippen molar-refractivity contribution >= 4 is 34.8 Å². The monoisotopic (exact) mass is 403 g/mol. The second kappa shape index (κ2) is 8.24. The van der Waals surface area contributed by atoms with Gasteiger partial charge < -0.3 is 10.1 Å². The highest BCUT2D eigenvalue weighted by molar-refractivity contribution is 6.35. The summed E-state index contributed by atoms with van der Waals surface area (Å²) in [6.45, 7) is 0.124. The van der Waals surface area contributed by atoms with Gasteiger partial charge in [0.25, 0.3) is 11.5 Å². The lowest BCUT2D eigenvalue weighted by Gasteiger charge is -2.09. The average molecular weight is 404 g/mol. The number of amides is 1. The van der Waals surface area contributed by atoms with Gasteiger partial charge in [-0.05, 0) is 48.0 Å². The fraction of sp³-hybridized carbons (Fsp3) is 0.105. The number of anilines is 1. The lowest BCUT2D eigenvalue weighted by molar-refractivity contribution is 0.102. The van der Waals surface area contributed by atoms with Crippen LogP contribution in [0.2, 0.25) is 10.0 Å². The molecule has 0 saturated carbocycles. The molecule has 0 fully saturated rings. The number of hydrogen-bond acceptors (Lipinski definition) is 4.